The molecule has 0 bridgehead atoms. The Labute approximate surface area is 159 Å². The van der Waals surface area contributed by atoms with Crippen LogP contribution in [-0.2, 0) is 14.3 Å². The van der Waals surface area contributed by atoms with Crippen molar-refractivity contribution < 1.29 is 24.2 Å². The Balaban J connectivity index is 2.01. The topological polar surface area (TPSA) is 76.1 Å². The van der Waals surface area contributed by atoms with Gasteiger partial charge in [-0.15, -0.1) is 0 Å². The standard InChI is InChI=1S/C21H27NO5/c1-4-26-15-8-5-7-14(11-15)18-17(19(23)13(2)3)20(24)21(25)22(18)12-16-9-6-10-27-16/h5,7-8,11,13,16,18,24H,4,6,9-10,12H2,1-3H3. The average Bonchev–Trinajstić information content (AvgIpc) is 3.24. The third kappa shape index (κ3) is 3.86. The number of carbonyl (C=O) groups excluding carboxylic acids is 2. The molecule has 6 heteroatoms. The summed E-state index contributed by atoms with van der Waals surface area (Å²) >= 11 is 0. The molecule has 146 valence electrons. The minimum Gasteiger partial charge on any atom is -0.503 e. The molecule has 1 amide bonds. The SMILES string of the molecule is CCOc1cccc(C2C(C(=O)C(C)C)=C(O)C(=O)N2CC2CCCO2)c1. The second-order valence-electron chi connectivity index (χ2n) is 7.28. The van der Waals surface area contributed by atoms with Crippen molar-refractivity contribution in [2.45, 2.75) is 45.8 Å². The Bertz CT molecular complexity index is 749. The molecule has 0 radical (unpaired) electrons. The molecule has 2 aliphatic rings. The van der Waals surface area contributed by atoms with Gasteiger partial charge in [0, 0.05) is 19.1 Å². The summed E-state index contributed by atoms with van der Waals surface area (Å²) in [4.78, 5) is 27.2. The van der Waals surface area contributed by atoms with Gasteiger partial charge >= 0.3 is 0 Å². The number of hydrogen-bond acceptors (Lipinski definition) is 5. The summed E-state index contributed by atoms with van der Waals surface area (Å²) in [6.07, 6.45) is 1.74. The smallest absolute Gasteiger partial charge is 0.290 e. The van der Waals surface area contributed by atoms with Crippen LogP contribution in [0.15, 0.2) is 35.6 Å². The molecule has 0 aromatic heterocycles. The molecule has 1 fully saturated rings. The van der Waals surface area contributed by atoms with E-state index in [-0.39, 0.29) is 23.4 Å². The number of benzene rings is 1. The van der Waals surface area contributed by atoms with Crippen LogP contribution in [0.25, 0.3) is 0 Å². The number of carbonyl (C=O) groups is 2. The summed E-state index contributed by atoms with van der Waals surface area (Å²) in [5, 5.41) is 10.5. The lowest BCUT2D eigenvalue weighted by Gasteiger charge is -2.29. The van der Waals surface area contributed by atoms with E-state index in [2.05, 4.69) is 0 Å². The van der Waals surface area contributed by atoms with E-state index in [9.17, 15) is 14.7 Å². The molecule has 2 unspecified atom stereocenters. The third-order valence-corrected chi connectivity index (χ3v) is 5.00. The van der Waals surface area contributed by atoms with Crippen LogP contribution < -0.4 is 4.74 Å². The summed E-state index contributed by atoms with van der Waals surface area (Å²) < 4.78 is 11.3. The van der Waals surface area contributed by atoms with Gasteiger partial charge in [0.05, 0.1) is 24.3 Å². The van der Waals surface area contributed by atoms with E-state index in [4.69, 9.17) is 9.47 Å². The molecule has 3 rings (SSSR count). The van der Waals surface area contributed by atoms with Gasteiger partial charge in [-0.05, 0) is 37.5 Å². The Morgan fingerprint density at radius 3 is 2.81 bits per heavy atom. The Hall–Kier alpha value is -2.34. The van der Waals surface area contributed by atoms with Crippen molar-refractivity contribution in [2.24, 2.45) is 5.92 Å². The van der Waals surface area contributed by atoms with Crippen molar-refractivity contribution in [2.75, 3.05) is 19.8 Å². The fraction of sp³-hybridized carbons (Fsp3) is 0.524. The van der Waals surface area contributed by atoms with Crippen LogP contribution >= 0.6 is 0 Å². The lowest BCUT2D eigenvalue weighted by Crippen LogP contribution is -2.37. The first-order chi connectivity index (χ1) is 12.9. The summed E-state index contributed by atoms with van der Waals surface area (Å²) in [6, 6.07) is 6.73. The fourth-order valence-electron chi connectivity index (χ4n) is 3.70. The minimum atomic E-state index is -0.628. The fourth-order valence-corrected chi connectivity index (χ4v) is 3.70. The van der Waals surface area contributed by atoms with Gasteiger partial charge in [-0.25, -0.2) is 0 Å². The summed E-state index contributed by atoms with van der Waals surface area (Å²) in [5.41, 5.74) is 0.919. The van der Waals surface area contributed by atoms with Crippen LogP contribution in [0.4, 0.5) is 0 Å². The first-order valence-electron chi connectivity index (χ1n) is 9.56. The minimum absolute atomic E-state index is 0.0761. The van der Waals surface area contributed by atoms with Gasteiger partial charge in [0.1, 0.15) is 5.75 Å². The van der Waals surface area contributed by atoms with E-state index in [0.717, 1.165) is 18.4 Å². The van der Waals surface area contributed by atoms with Crippen LogP contribution in [0.2, 0.25) is 0 Å². The molecule has 27 heavy (non-hydrogen) atoms. The maximum atomic E-state index is 12.8. The molecule has 0 aliphatic carbocycles. The predicted octanol–water partition coefficient (Wildman–Crippen LogP) is 3.18. The monoisotopic (exact) mass is 373 g/mol. The molecule has 1 aromatic rings. The largest absolute Gasteiger partial charge is 0.503 e. The van der Waals surface area contributed by atoms with Gasteiger partial charge in [0.2, 0.25) is 0 Å². The van der Waals surface area contributed by atoms with E-state index in [1.807, 2.05) is 31.2 Å². The van der Waals surface area contributed by atoms with Crippen LogP contribution in [0, 0.1) is 5.92 Å². The van der Waals surface area contributed by atoms with Crippen LogP contribution in [0.1, 0.15) is 45.2 Å². The number of amides is 1. The second-order valence-corrected chi connectivity index (χ2v) is 7.28. The number of rotatable bonds is 7. The summed E-state index contributed by atoms with van der Waals surface area (Å²) in [7, 11) is 0. The van der Waals surface area contributed by atoms with Gasteiger partial charge in [0.15, 0.2) is 11.5 Å². The van der Waals surface area contributed by atoms with Crippen LogP contribution in [-0.4, -0.2) is 47.6 Å². The van der Waals surface area contributed by atoms with Crippen molar-refractivity contribution in [3.05, 3.63) is 41.2 Å². The molecule has 6 nitrogen and oxygen atoms in total. The zero-order chi connectivity index (χ0) is 19.6. The third-order valence-electron chi connectivity index (χ3n) is 5.00. The number of aliphatic hydroxyl groups is 1. The molecule has 0 spiro atoms. The summed E-state index contributed by atoms with van der Waals surface area (Å²) in [6.45, 7) is 6.98. The highest BCUT2D eigenvalue weighted by atomic mass is 16.5. The van der Waals surface area contributed by atoms with Crippen molar-refractivity contribution in [3.8, 4) is 5.75 Å². The van der Waals surface area contributed by atoms with Crippen molar-refractivity contribution in [3.63, 3.8) is 0 Å². The van der Waals surface area contributed by atoms with Crippen molar-refractivity contribution in [1.82, 2.24) is 4.90 Å². The Morgan fingerprint density at radius 1 is 1.41 bits per heavy atom. The van der Waals surface area contributed by atoms with Gasteiger partial charge in [-0.3, -0.25) is 9.59 Å². The molecule has 1 aromatic carbocycles. The highest BCUT2D eigenvalue weighted by Gasteiger charge is 2.45. The molecular weight excluding hydrogens is 346 g/mol. The Kier molecular flexibility index (Phi) is 5.85. The van der Waals surface area contributed by atoms with Crippen LogP contribution in [0.3, 0.4) is 0 Å². The van der Waals surface area contributed by atoms with E-state index < -0.39 is 17.7 Å². The predicted molar refractivity (Wildman–Crippen MR) is 101 cm³/mol. The number of ether oxygens (including phenoxy) is 2. The molecule has 2 aliphatic heterocycles. The van der Waals surface area contributed by atoms with E-state index in [1.54, 1.807) is 18.7 Å². The molecule has 2 atom stereocenters. The van der Waals surface area contributed by atoms with E-state index in [1.165, 1.54) is 0 Å². The molecule has 0 saturated carbocycles. The molecule has 2 heterocycles. The number of nitrogens with zero attached hydrogens (tertiary/aromatic N) is 1. The molecule has 1 N–H and O–H groups in total. The van der Waals surface area contributed by atoms with Gasteiger partial charge < -0.3 is 19.5 Å². The Morgan fingerprint density at radius 2 is 2.19 bits per heavy atom. The van der Waals surface area contributed by atoms with Gasteiger partial charge in [-0.1, -0.05) is 26.0 Å². The average molecular weight is 373 g/mol. The number of Topliss-reactive ketones (excluding diaryl/α,β-unsaturated/α-hetero) is 1. The van der Waals surface area contributed by atoms with Crippen LogP contribution in [0.5, 0.6) is 5.75 Å². The van der Waals surface area contributed by atoms with E-state index in [0.29, 0.717) is 25.5 Å². The first kappa shape index (κ1) is 19.4. The van der Waals surface area contributed by atoms with E-state index >= 15 is 0 Å². The highest BCUT2D eigenvalue weighted by molar-refractivity contribution is 6.09. The summed E-state index contributed by atoms with van der Waals surface area (Å²) in [5.74, 6) is -0.834. The maximum Gasteiger partial charge on any atom is 0.290 e. The molecule has 1 saturated heterocycles. The number of hydrogen-bond donors (Lipinski definition) is 1. The second kappa shape index (κ2) is 8.13. The zero-order valence-electron chi connectivity index (χ0n) is 16.1. The molecular formula is C21H27NO5. The lowest BCUT2D eigenvalue weighted by atomic mass is 9.91. The zero-order valence-corrected chi connectivity index (χ0v) is 16.1. The maximum absolute atomic E-state index is 12.8. The normalized spacial score (nSPS) is 22.8. The van der Waals surface area contributed by atoms with Crippen molar-refractivity contribution in [1.29, 1.82) is 0 Å². The number of ketones is 1. The highest BCUT2D eigenvalue weighted by Crippen LogP contribution is 2.40. The first-order valence-corrected chi connectivity index (χ1v) is 9.56. The van der Waals surface area contributed by atoms with Gasteiger partial charge in [0.25, 0.3) is 5.91 Å². The number of aliphatic hydroxyl groups excluding tert-OH is 1. The van der Waals surface area contributed by atoms with Crippen molar-refractivity contribution >= 4 is 11.7 Å². The lowest BCUT2D eigenvalue weighted by molar-refractivity contribution is -0.131. The van der Waals surface area contributed by atoms with Gasteiger partial charge in [-0.2, -0.15) is 0 Å². The quantitative estimate of drug-likeness (QED) is 0.794.